The summed E-state index contributed by atoms with van der Waals surface area (Å²) in [6.07, 6.45) is 81.4. The van der Waals surface area contributed by atoms with Gasteiger partial charge in [0.1, 0.15) is 12.7 Å². The number of unbranched alkanes of at least 4 members (excludes halogenated alkanes) is 24. The first-order chi connectivity index (χ1) is 41.2. The van der Waals surface area contributed by atoms with Crippen molar-refractivity contribution >= 4 is 25.7 Å². The number of rotatable bonds is 61. The molecule has 0 radical (unpaired) electrons. The van der Waals surface area contributed by atoms with Crippen molar-refractivity contribution in [2.24, 2.45) is 0 Å². The van der Waals surface area contributed by atoms with Gasteiger partial charge in [-0.25, -0.2) is 4.57 Å². The van der Waals surface area contributed by atoms with E-state index < -0.39 is 57.8 Å². The highest BCUT2D eigenvalue weighted by Crippen LogP contribution is 2.43. The molecule has 0 spiro atoms. The average Bonchev–Trinajstić information content (AvgIpc) is 3.53. The number of hydrogen-bond donors (Lipinski definition) is 2. The molecule has 84 heavy (non-hydrogen) atoms. The molecule has 11 nitrogen and oxygen atoms in total. The van der Waals surface area contributed by atoms with Gasteiger partial charge in [-0.2, -0.15) is 0 Å². The van der Waals surface area contributed by atoms with Gasteiger partial charge in [0.05, 0.1) is 19.8 Å². The van der Waals surface area contributed by atoms with E-state index in [4.69, 9.17) is 23.3 Å². The van der Waals surface area contributed by atoms with Crippen LogP contribution in [0.4, 0.5) is 0 Å². The summed E-state index contributed by atoms with van der Waals surface area (Å²) in [6.45, 7) is 4.39. The van der Waals surface area contributed by atoms with E-state index in [2.05, 4.69) is 142 Å². The van der Waals surface area contributed by atoms with Crippen LogP contribution < -0.4 is 0 Å². The zero-order valence-electron chi connectivity index (χ0n) is 53.3. The molecular formula is C72H121O11P. The predicted octanol–water partition coefficient (Wildman–Crippen LogP) is 20.7. The highest BCUT2D eigenvalue weighted by Gasteiger charge is 2.28. The summed E-state index contributed by atoms with van der Waals surface area (Å²) in [4.78, 5) is 48.9. The molecule has 480 valence electrons. The molecule has 0 aliphatic carbocycles. The number of ether oxygens (including phenoxy) is 3. The molecule has 3 unspecified atom stereocenters. The zero-order valence-corrected chi connectivity index (χ0v) is 54.2. The Bertz CT molecular complexity index is 1870. The summed E-state index contributed by atoms with van der Waals surface area (Å²) < 4.78 is 39.7. The highest BCUT2D eigenvalue weighted by molar-refractivity contribution is 7.47. The Morgan fingerprint density at radius 1 is 0.345 bits per heavy atom. The van der Waals surface area contributed by atoms with Crippen molar-refractivity contribution in [3.63, 3.8) is 0 Å². The highest BCUT2D eigenvalue weighted by atomic mass is 31.2. The summed E-state index contributed by atoms with van der Waals surface area (Å²) in [7, 11) is -4.78. The molecule has 0 aromatic carbocycles. The fraction of sp³-hybridized carbons (Fsp3) is 0.681. The Morgan fingerprint density at radius 2 is 0.619 bits per heavy atom. The van der Waals surface area contributed by atoms with Gasteiger partial charge in [-0.05, 0) is 128 Å². The van der Waals surface area contributed by atoms with Gasteiger partial charge in [-0.1, -0.05) is 251 Å². The minimum atomic E-state index is -4.78. The second-order valence-electron chi connectivity index (χ2n) is 21.9. The van der Waals surface area contributed by atoms with E-state index in [1.54, 1.807) is 0 Å². The van der Waals surface area contributed by atoms with Crippen LogP contribution in [0.25, 0.3) is 0 Å². The van der Waals surface area contributed by atoms with E-state index in [0.717, 1.165) is 135 Å². The number of aliphatic hydroxyl groups excluding tert-OH is 1. The summed E-state index contributed by atoms with van der Waals surface area (Å²) in [5, 5.41) is 9.87. The van der Waals surface area contributed by atoms with Gasteiger partial charge in [0.2, 0.25) is 0 Å². The first-order valence-electron chi connectivity index (χ1n) is 33.4. The second kappa shape index (κ2) is 64.9. The smallest absolute Gasteiger partial charge is 0.462 e. The van der Waals surface area contributed by atoms with E-state index in [1.165, 1.54) is 83.5 Å². The standard InChI is InChI=1S/C72H121O11P/c1-4-7-10-13-16-19-22-25-28-31-34-37-40-43-46-49-52-55-58-61-70(74)79-65-69(83-72(76)63-60-57-54-51-48-45-42-39-36-33-30-27-24-21-18-15-12-9-6-3)67-81-84(77,78)80-66-68(64-73)82-71(75)62-59-56-53-50-47-44-41-38-35-32-29-26-23-20-17-14-11-8-5-2/h8-9,11-12,17-18,20-21,25-30,35-36,38-39,45,48,68-69,73H,4-7,10,13-16,19,22-24,31-34,37,40-44,46-47,49-67H2,1-3H3,(H,77,78)/b11-8-,12-9-,20-17-,21-18-,28-25-,29-26-,30-27-,38-35-,39-36-,48-45-. The van der Waals surface area contributed by atoms with Crippen LogP contribution in [-0.4, -0.2) is 66.5 Å². The van der Waals surface area contributed by atoms with E-state index in [0.29, 0.717) is 19.3 Å². The molecule has 0 fully saturated rings. The van der Waals surface area contributed by atoms with Crippen LogP contribution in [0.1, 0.15) is 278 Å². The lowest BCUT2D eigenvalue weighted by atomic mass is 10.1. The summed E-state index contributed by atoms with van der Waals surface area (Å²) in [5.74, 6) is -1.52. The van der Waals surface area contributed by atoms with E-state index in [-0.39, 0.29) is 25.9 Å². The van der Waals surface area contributed by atoms with Crippen molar-refractivity contribution in [3.05, 3.63) is 122 Å². The monoisotopic (exact) mass is 1190 g/mol. The third-order valence-electron chi connectivity index (χ3n) is 13.8. The number of esters is 3. The minimum absolute atomic E-state index is 0.122. The van der Waals surface area contributed by atoms with Crippen LogP contribution in [0, 0.1) is 0 Å². The lowest BCUT2D eigenvalue weighted by molar-refractivity contribution is -0.161. The Balaban J connectivity index is 4.77. The van der Waals surface area contributed by atoms with Crippen molar-refractivity contribution < 1.29 is 52.2 Å². The fourth-order valence-corrected chi connectivity index (χ4v) is 9.62. The van der Waals surface area contributed by atoms with Crippen LogP contribution in [0.2, 0.25) is 0 Å². The second-order valence-corrected chi connectivity index (χ2v) is 23.3. The molecule has 3 atom stereocenters. The molecule has 0 aliphatic heterocycles. The molecule has 0 amide bonds. The zero-order chi connectivity index (χ0) is 61.2. The van der Waals surface area contributed by atoms with Crippen LogP contribution in [0.3, 0.4) is 0 Å². The molecule has 0 aliphatic rings. The van der Waals surface area contributed by atoms with Crippen LogP contribution in [0.15, 0.2) is 122 Å². The SMILES string of the molecule is CC/C=C\C/C=C\C/C=C\C/C=C\C/C=C\CCCCCC(=O)OC(COC(=O)CCCCCCCCCCC/C=C\CCCCCCCC)COP(=O)(O)OCC(CO)OC(=O)CCCCCCCC/C=C\C/C=C\C/C=C\C/C=C\CC. The number of aliphatic hydroxyl groups is 1. The quantitative estimate of drug-likeness (QED) is 0.0197. The Morgan fingerprint density at radius 3 is 0.976 bits per heavy atom. The summed E-state index contributed by atoms with van der Waals surface area (Å²) >= 11 is 0. The normalized spacial score (nSPS) is 14.0. The first-order valence-corrected chi connectivity index (χ1v) is 34.9. The topological polar surface area (TPSA) is 155 Å². The Kier molecular flexibility index (Phi) is 61.7. The molecule has 2 N–H and O–H groups in total. The fourth-order valence-electron chi connectivity index (χ4n) is 8.84. The third-order valence-corrected chi connectivity index (χ3v) is 14.8. The number of phosphoric acid groups is 1. The molecule has 0 aromatic heterocycles. The molecule has 0 aromatic rings. The molecule has 0 saturated carbocycles. The predicted molar refractivity (Wildman–Crippen MR) is 353 cm³/mol. The lowest BCUT2D eigenvalue weighted by Crippen LogP contribution is -2.30. The lowest BCUT2D eigenvalue weighted by Gasteiger charge is -2.21. The maximum Gasteiger partial charge on any atom is 0.472 e. The number of carbonyl (C=O) groups is 3. The largest absolute Gasteiger partial charge is 0.472 e. The van der Waals surface area contributed by atoms with Gasteiger partial charge in [-0.3, -0.25) is 23.4 Å². The Labute approximate surface area is 513 Å². The average molecular weight is 1190 g/mol. The maximum atomic E-state index is 13.0. The van der Waals surface area contributed by atoms with Crippen LogP contribution in [0.5, 0.6) is 0 Å². The van der Waals surface area contributed by atoms with Gasteiger partial charge < -0.3 is 24.2 Å². The van der Waals surface area contributed by atoms with Gasteiger partial charge in [0.15, 0.2) is 6.10 Å². The van der Waals surface area contributed by atoms with Gasteiger partial charge >= 0.3 is 25.7 Å². The third kappa shape index (κ3) is 62.4. The molecular weight excluding hydrogens is 1070 g/mol. The number of hydrogen-bond acceptors (Lipinski definition) is 10. The van der Waals surface area contributed by atoms with Crippen molar-refractivity contribution in [3.8, 4) is 0 Å². The molecule has 0 saturated heterocycles. The number of phosphoric ester groups is 1. The molecule has 0 rings (SSSR count). The number of carbonyl (C=O) groups excluding carboxylic acids is 3. The van der Waals surface area contributed by atoms with Crippen LogP contribution in [-0.2, 0) is 42.2 Å². The van der Waals surface area contributed by atoms with E-state index >= 15 is 0 Å². The van der Waals surface area contributed by atoms with Crippen LogP contribution >= 0.6 is 7.82 Å². The molecule has 0 heterocycles. The molecule has 12 heteroatoms. The Hall–Kier alpha value is -4.12. The number of allylic oxidation sites excluding steroid dienone is 20. The first kappa shape index (κ1) is 79.9. The van der Waals surface area contributed by atoms with Crippen molar-refractivity contribution in [1.29, 1.82) is 0 Å². The van der Waals surface area contributed by atoms with E-state index in [9.17, 15) is 28.9 Å². The van der Waals surface area contributed by atoms with Crippen molar-refractivity contribution in [1.82, 2.24) is 0 Å². The molecule has 0 bridgehead atoms. The van der Waals surface area contributed by atoms with Crippen molar-refractivity contribution in [2.45, 2.75) is 290 Å². The summed E-state index contributed by atoms with van der Waals surface area (Å²) in [6, 6.07) is 0. The maximum absolute atomic E-state index is 13.0. The van der Waals surface area contributed by atoms with Crippen molar-refractivity contribution in [2.75, 3.05) is 26.4 Å². The van der Waals surface area contributed by atoms with E-state index in [1.807, 2.05) is 0 Å². The minimum Gasteiger partial charge on any atom is -0.462 e. The van der Waals surface area contributed by atoms with Gasteiger partial charge in [-0.15, -0.1) is 0 Å². The van der Waals surface area contributed by atoms with Gasteiger partial charge in [0, 0.05) is 19.3 Å². The summed E-state index contributed by atoms with van der Waals surface area (Å²) in [5.41, 5.74) is 0. The van der Waals surface area contributed by atoms with Gasteiger partial charge in [0.25, 0.3) is 0 Å².